The Hall–Kier alpha value is -3.59. The molecular weight excluding hydrogens is 435 g/mol. The Kier molecular flexibility index (Phi) is 5.40. The van der Waals surface area contributed by atoms with Crippen LogP contribution in [0.3, 0.4) is 0 Å². The normalized spacial score (nSPS) is 16.3. The molecule has 3 aromatic heterocycles. The van der Waals surface area contributed by atoms with Crippen molar-refractivity contribution in [3.8, 4) is 11.3 Å². The fraction of sp³-hybridized carbons (Fsp3) is 0.227. The lowest BCUT2D eigenvalue weighted by Gasteiger charge is -2.33. The summed E-state index contributed by atoms with van der Waals surface area (Å²) in [6, 6.07) is 9.35. The third-order valence-electron chi connectivity index (χ3n) is 5.44. The lowest BCUT2D eigenvalue weighted by Crippen LogP contribution is -2.41. The van der Waals surface area contributed by atoms with Gasteiger partial charge in [0.15, 0.2) is 0 Å². The van der Waals surface area contributed by atoms with Crippen molar-refractivity contribution in [1.29, 1.82) is 0 Å². The zero-order valence-corrected chi connectivity index (χ0v) is 17.6. The number of rotatable bonds is 4. The number of carbonyl (C=O) groups is 1. The number of fused-ring (bicyclic) bond motifs is 1. The number of anilines is 2. The number of piperidine rings is 1. The first-order valence-corrected chi connectivity index (χ1v) is 10.5. The van der Waals surface area contributed by atoms with Gasteiger partial charge in [0, 0.05) is 24.8 Å². The van der Waals surface area contributed by atoms with Gasteiger partial charge < -0.3 is 14.7 Å². The number of hydrogen-bond donors (Lipinski definition) is 1. The van der Waals surface area contributed by atoms with Gasteiger partial charge in [0.25, 0.3) is 5.71 Å². The van der Waals surface area contributed by atoms with Crippen LogP contribution in [0.15, 0.2) is 53.4 Å². The maximum atomic E-state index is 13.4. The number of aromatic nitrogens is 4. The summed E-state index contributed by atoms with van der Waals surface area (Å²) < 4.78 is 18.8. The third kappa shape index (κ3) is 3.99. The number of halogens is 2. The molecule has 0 unspecified atom stereocenters. The van der Waals surface area contributed by atoms with Crippen molar-refractivity contribution < 1.29 is 13.7 Å². The van der Waals surface area contributed by atoms with E-state index in [9.17, 15) is 9.18 Å². The number of amides is 1. The first-order chi connectivity index (χ1) is 15.6. The number of nitrogens with zero attached hydrogens (tertiary/aromatic N) is 5. The lowest BCUT2D eigenvalue weighted by atomic mass is 9.96. The summed E-state index contributed by atoms with van der Waals surface area (Å²) >= 11 is 5.86. The largest absolute Gasteiger partial charge is 0.355 e. The van der Waals surface area contributed by atoms with E-state index in [1.54, 1.807) is 24.3 Å². The van der Waals surface area contributed by atoms with Crippen LogP contribution < -0.4 is 10.2 Å². The van der Waals surface area contributed by atoms with Gasteiger partial charge in [-0.3, -0.25) is 4.79 Å². The Morgan fingerprint density at radius 1 is 1.16 bits per heavy atom. The van der Waals surface area contributed by atoms with Crippen molar-refractivity contribution in [1.82, 2.24) is 20.1 Å². The second-order valence-electron chi connectivity index (χ2n) is 7.55. The molecule has 0 aliphatic carbocycles. The molecule has 1 amide bonds. The molecule has 8 nitrogen and oxygen atoms in total. The van der Waals surface area contributed by atoms with Crippen LogP contribution in [0.25, 0.3) is 22.4 Å². The average Bonchev–Trinajstić information content (AvgIpc) is 3.25. The Morgan fingerprint density at radius 3 is 2.78 bits per heavy atom. The molecule has 1 aliphatic heterocycles. The van der Waals surface area contributed by atoms with E-state index >= 15 is 0 Å². The Labute approximate surface area is 187 Å². The van der Waals surface area contributed by atoms with E-state index < -0.39 is 0 Å². The molecule has 4 aromatic rings. The molecule has 1 aromatic carbocycles. The Balaban J connectivity index is 1.42. The molecule has 0 bridgehead atoms. The predicted molar refractivity (Wildman–Crippen MR) is 118 cm³/mol. The number of nitrogens with one attached hydrogen (secondary N) is 1. The van der Waals surface area contributed by atoms with Crippen LogP contribution in [-0.2, 0) is 4.79 Å². The first-order valence-electron chi connectivity index (χ1n) is 10.1. The topological polar surface area (TPSA) is 97.0 Å². The Morgan fingerprint density at radius 2 is 2.00 bits per heavy atom. The minimum absolute atomic E-state index is 0.112. The van der Waals surface area contributed by atoms with E-state index in [4.69, 9.17) is 16.1 Å². The van der Waals surface area contributed by atoms with Crippen LogP contribution in [0.1, 0.15) is 12.8 Å². The summed E-state index contributed by atoms with van der Waals surface area (Å²) in [5.41, 5.74) is 1.57. The molecule has 1 aliphatic rings. The van der Waals surface area contributed by atoms with E-state index in [0.717, 1.165) is 19.4 Å². The fourth-order valence-corrected chi connectivity index (χ4v) is 3.99. The summed E-state index contributed by atoms with van der Waals surface area (Å²) in [6.07, 6.45) is 4.47. The zero-order chi connectivity index (χ0) is 22.1. The van der Waals surface area contributed by atoms with Crippen LogP contribution in [0.5, 0.6) is 0 Å². The van der Waals surface area contributed by atoms with Gasteiger partial charge >= 0.3 is 0 Å². The summed E-state index contributed by atoms with van der Waals surface area (Å²) in [5.74, 6) is 0.397. The highest BCUT2D eigenvalue weighted by Gasteiger charge is 2.29. The maximum Gasteiger partial charge on any atom is 0.263 e. The maximum absolute atomic E-state index is 13.4. The number of hydrogen-bond acceptors (Lipinski definition) is 7. The van der Waals surface area contributed by atoms with Crippen molar-refractivity contribution in [3.63, 3.8) is 0 Å². The molecule has 162 valence electrons. The van der Waals surface area contributed by atoms with Gasteiger partial charge in [-0.2, -0.15) is 4.98 Å². The zero-order valence-electron chi connectivity index (χ0n) is 16.8. The predicted octanol–water partition coefficient (Wildman–Crippen LogP) is 4.33. The first kappa shape index (κ1) is 20.3. The van der Waals surface area contributed by atoms with Crippen LogP contribution in [0.4, 0.5) is 16.0 Å². The molecule has 32 heavy (non-hydrogen) atoms. The summed E-state index contributed by atoms with van der Waals surface area (Å²) in [7, 11) is 0. The van der Waals surface area contributed by atoms with E-state index in [1.165, 1.54) is 24.7 Å². The van der Waals surface area contributed by atoms with E-state index in [2.05, 4.69) is 25.4 Å². The van der Waals surface area contributed by atoms with Crippen LogP contribution in [-0.4, -0.2) is 39.1 Å². The van der Waals surface area contributed by atoms with Gasteiger partial charge in [-0.05, 0) is 49.2 Å². The van der Waals surface area contributed by atoms with Gasteiger partial charge in [0.05, 0.1) is 10.9 Å². The molecule has 1 N–H and O–H groups in total. The summed E-state index contributed by atoms with van der Waals surface area (Å²) in [5, 5.41) is 8.14. The molecule has 1 fully saturated rings. The molecule has 0 radical (unpaired) electrons. The van der Waals surface area contributed by atoms with Crippen LogP contribution in [0.2, 0.25) is 5.02 Å². The van der Waals surface area contributed by atoms with Gasteiger partial charge in [-0.1, -0.05) is 16.8 Å². The highest BCUT2D eigenvalue weighted by molar-refractivity contribution is 6.30. The minimum atomic E-state index is -0.335. The molecule has 4 heterocycles. The van der Waals surface area contributed by atoms with Crippen molar-refractivity contribution in [2.75, 3.05) is 23.3 Å². The van der Waals surface area contributed by atoms with E-state index in [1.807, 2.05) is 4.90 Å². The summed E-state index contributed by atoms with van der Waals surface area (Å²) in [6.45, 7) is 1.20. The standard InChI is InChI=1S/C22H18ClFN6O2/c23-15-5-8-17(25-10-15)28-21(31)14-2-1-9-30(11-14)20-18-19(13-3-6-16(24)7-4-13)29-32-22(18)27-12-26-20/h3-8,10,12,14H,1-2,9,11H2,(H,25,28,31)/t14-/m0/s1. The van der Waals surface area contributed by atoms with Gasteiger partial charge in [-0.15, -0.1) is 0 Å². The smallest absolute Gasteiger partial charge is 0.263 e. The number of pyridine rings is 1. The molecule has 5 rings (SSSR count). The van der Waals surface area contributed by atoms with Gasteiger partial charge in [-0.25, -0.2) is 14.4 Å². The lowest BCUT2D eigenvalue weighted by molar-refractivity contribution is -0.120. The second kappa shape index (κ2) is 8.51. The van der Waals surface area contributed by atoms with Crippen molar-refractivity contribution in [2.45, 2.75) is 12.8 Å². The van der Waals surface area contributed by atoms with Crippen molar-refractivity contribution in [3.05, 3.63) is 59.8 Å². The Bertz CT molecular complexity index is 1260. The highest BCUT2D eigenvalue weighted by Crippen LogP contribution is 2.35. The average molecular weight is 453 g/mol. The van der Waals surface area contributed by atoms with Gasteiger partial charge in [0.2, 0.25) is 5.91 Å². The van der Waals surface area contributed by atoms with Crippen LogP contribution in [0, 0.1) is 11.7 Å². The fourth-order valence-electron chi connectivity index (χ4n) is 3.88. The van der Waals surface area contributed by atoms with Gasteiger partial charge in [0.1, 0.15) is 34.9 Å². The second-order valence-corrected chi connectivity index (χ2v) is 7.99. The molecule has 1 saturated heterocycles. The molecule has 0 saturated carbocycles. The monoisotopic (exact) mass is 452 g/mol. The quantitative estimate of drug-likeness (QED) is 0.492. The molecule has 0 spiro atoms. The summed E-state index contributed by atoms with van der Waals surface area (Å²) in [4.78, 5) is 27.7. The minimum Gasteiger partial charge on any atom is -0.355 e. The third-order valence-corrected chi connectivity index (χ3v) is 5.66. The molecular formula is C22H18ClFN6O2. The van der Waals surface area contributed by atoms with Crippen molar-refractivity contribution in [2.24, 2.45) is 5.92 Å². The highest BCUT2D eigenvalue weighted by atomic mass is 35.5. The van der Waals surface area contributed by atoms with E-state index in [0.29, 0.717) is 45.6 Å². The van der Waals surface area contributed by atoms with Crippen LogP contribution >= 0.6 is 11.6 Å². The number of benzene rings is 1. The molecule has 1 atom stereocenters. The SMILES string of the molecule is O=C(Nc1ccc(Cl)cn1)[C@H]1CCCN(c2ncnc3onc(-c4ccc(F)cc4)c23)C1. The van der Waals surface area contributed by atoms with Crippen molar-refractivity contribution >= 4 is 40.2 Å². The number of carbonyl (C=O) groups excluding carboxylic acids is 1. The molecule has 10 heteroatoms. The van der Waals surface area contributed by atoms with E-state index in [-0.39, 0.29) is 17.6 Å².